The predicted molar refractivity (Wildman–Crippen MR) is 57.2 cm³/mol. The van der Waals surface area contributed by atoms with Crippen molar-refractivity contribution in [3.8, 4) is 0 Å². The van der Waals surface area contributed by atoms with Gasteiger partial charge in [-0.2, -0.15) is 0 Å². The summed E-state index contributed by atoms with van der Waals surface area (Å²) in [6, 6.07) is 1.47. The Morgan fingerprint density at radius 2 is 2.07 bits per heavy atom. The van der Waals surface area contributed by atoms with Crippen molar-refractivity contribution in [1.82, 2.24) is 9.13 Å². The molecular formula is C10H16N2O3. The van der Waals surface area contributed by atoms with E-state index in [0.717, 1.165) is 11.0 Å². The van der Waals surface area contributed by atoms with E-state index in [4.69, 9.17) is 4.74 Å². The van der Waals surface area contributed by atoms with E-state index in [1.807, 2.05) is 0 Å². The third-order valence-electron chi connectivity index (χ3n) is 2.34. The SMILES string of the molecule is COCCCn1c(C)cc(=O)n(C)c1=O. The van der Waals surface area contributed by atoms with E-state index >= 15 is 0 Å². The molecule has 84 valence electrons. The molecule has 1 aromatic rings. The first-order valence-electron chi connectivity index (χ1n) is 4.84. The van der Waals surface area contributed by atoms with Gasteiger partial charge in [0.1, 0.15) is 0 Å². The summed E-state index contributed by atoms with van der Waals surface area (Å²) in [5.74, 6) is 0. The molecule has 0 aliphatic heterocycles. The summed E-state index contributed by atoms with van der Waals surface area (Å²) in [5.41, 5.74) is 0.163. The summed E-state index contributed by atoms with van der Waals surface area (Å²) < 4.78 is 7.61. The van der Waals surface area contributed by atoms with Crippen molar-refractivity contribution in [2.24, 2.45) is 7.05 Å². The normalized spacial score (nSPS) is 10.6. The standard InChI is InChI=1S/C10H16N2O3/c1-8-7-9(13)11(2)10(14)12(8)5-4-6-15-3/h7H,4-6H2,1-3H3. The van der Waals surface area contributed by atoms with Crippen LogP contribution in [0, 0.1) is 6.92 Å². The van der Waals surface area contributed by atoms with Gasteiger partial charge in [0.25, 0.3) is 5.56 Å². The molecule has 0 unspecified atom stereocenters. The number of methoxy groups -OCH3 is 1. The summed E-state index contributed by atoms with van der Waals surface area (Å²) in [7, 11) is 3.10. The number of nitrogens with zero attached hydrogens (tertiary/aromatic N) is 2. The van der Waals surface area contributed by atoms with Crippen LogP contribution in [0.15, 0.2) is 15.7 Å². The quantitative estimate of drug-likeness (QED) is 0.654. The molecular weight excluding hydrogens is 196 g/mol. The van der Waals surface area contributed by atoms with E-state index in [2.05, 4.69) is 0 Å². The van der Waals surface area contributed by atoms with Crippen LogP contribution in [-0.4, -0.2) is 22.9 Å². The maximum Gasteiger partial charge on any atom is 0.330 e. The van der Waals surface area contributed by atoms with Gasteiger partial charge in [-0.15, -0.1) is 0 Å². The Morgan fingerprint density at radius 1 is 1.40 bits per heavy atom. The second-order valence-corrected chi connectivity index (χ2v) is 3.46. The molecule has 5 heteroatoms. The highest BCUT2D eigenvalue weighted by atomic mass is 16.5. The first kappa shape index (κ1) is 11.7. The Labute approximate surface area is 87.9 Å². The Kier molecular flexibility index (Phi) is 3.85. The molecule has 1 aromatic heterocycles. The number of hydrogen-bond acceptors (Lipinski definition) is 3. The van der Waals surface area contributed by atoms with Gasteiger partial charge in [-0.1, -0.05) is 0 Å². The zero-order valence-electron chi connectivity index (χ0n) is 9.32. The molecule has 0 radical (unpaired) electrons. The lowest BCUT2D eigenvalue weighted by molar-refractivity contribution is 0.189. The first-order valence-corrected chi connectivity index (χ1v) is 4.84. The molecule has 0 fully saturated rings. The van der Waals surface area contributed by atoms with Gasteiger partial charge in [0.05, 0.1) is 0 Å². The van der Waals surface area contributed by atoms with E-state index in [1.165, 1.54) is 13.1 Å². The highest BCUT2D eigenvalue weighted by Crippen LogP contribution is 1.92. The van der Waals surface area contributed by atoms with Crippen LogP contribution in [0.1, 0.15) is 12.1 Å². The average Bonchev–Trinajstić information content (AvgIpc) is 2.20. The summed E-state index contributed by atoms with van der Waals surface area (Å²) in [6.45, 7) is 2.94. The molecule has 5 nitrogen and oxygen atoms in total. The number of hydrogen-bond donors (Lipinski definition) is 0. The molecule has 0 atom stereocenters. The molecule has 0 saturated carbocycles. The minimum Gasteiger partial charge on any atom is -0.385 e. The van der Waals surface area contributed by atoms with Crippen LogP contribution in [-0.2, 0) is 18.3 Å². The third kappa shape index (κ3) is 2.56. The van der Waals surface area contributed by atoms with Gasteiger partial charge in [-0.05, 0) is 13.3 Å². The fraction of sp³-hybridized carbons (Fsp3) is 0.600. The number of aryl methyl sites for hydroxylation is 1. The lowest BCUT2D eigenvalue weighted by Gasteiger charge is -2.10. The summed E-state index contributed by atoms with van der Waals surface area (Å²) in [4.78, 5) is 23.0. The van der Waals surface area contributed by atoms with Gasteiger partial charge in [0.2, 0.25) is 0 Å². The van der Waals surface area contributed by atoms with Crippen LogP contribution in [0.5, 0.6) is 0 Å². The highest BCUT2D eigenvalue weighted by Gasteiger charge is 2.04. The molecule has 0 spiro atoms. The van der Waals surface area contributed by atoms with E-state index in [9.17, 15) is 9.59 Å². The van der Waals surface area contributed by atoms with E-state index in [0.29, 0.717) is 18.8 Å². The molecule has 0 aromatic carbocycles. The van der Waals surface area contributed by atoms with Gasteiger partial charge in [-0.25, -0.2) is 4.79 Å². The summed E-state index contributed by atoms with van der Waals surface area (Å²) in [6.07, 6.45) is 0.759. The van der Waals surface area contributed by atoms with E-state index in [-0.39, 0.29) is 11.2 Å². The Hall–Kier alpha value is -1.36. The number of aromatic nitrogens is 2. The highest BCUT2D eigenvalue weighted by molar-refractivity contribution is 4.99. The van der Waals surface area contributed by atoms with Gasteiger partial charge in [0.15, 0.2) is 0 Å². The second-order valence-electron chi connectivity index (χ2n) is 3.46. The third-order valence-corrected chi connectivity index (χ3v) is 2.34. The Morgan fingerprint density at radius 3 is 2.67 bits per heavy atom. The summed E-state index contributed by atoms with van der Waals surface area (Å²) in [5, 5.41) is 0. The van der Waals surface area contributed by atoms with Crippen molar-refractivity contribution < 1.29 is 4.74 Å². The fourth-order valence-electron chi connectivity index (χ4n) is 1.42. The topological polar surface area (TPSA) is 53.2 Å². The second kappa shape index (κ2) is 4.93. The van der Waals surface area contributed by atoms with Crippen LogP contribution >= 0.6 is 0 Å². The van der Waals surface area contributed by atoms with Crippen molar-refractivity contribution in [3.05, 3.63) is 32.6 Å². The van der Waals surface area contributed by atoms with Crippen molar-refractivity contribution in [2.45, 2.75) is 19.9 Å². The van der Waals surface area contributed by atoms with Crippen LogP contribution in [0.2, 0.25) is 0 Å². The maximum atomic E-state index is 11.7. The van der Waals surface area contributed by atoms with Crippen LogP contribution in [0.3, 0.4) is 0 Å². The number of rotatable bonds is 4. The van der Waals surface area contributed by atoms with Crippen molar-refractivity contribution in [3.63, 3.8) is 0 Å². The van der Waals surface area contributed by atoms with Crippen molar-refractivity contribution >= 4 is 0 Å². The molecule has 1 heterocycles. The lowest BCUT2D eigenvalue weighted by atomic mass is 10.4. The average molecular weight is 212 g/mol. The Balaban J connectivity index is 3.03. The maximum absolute atomic E-state index is 11.7. The van der Waals surface area contributed by atoms with Crippen LogP contribution in [0.25, 0.3) is 0 Å². The molecule has 0 bridgehead atoms. The minimum atomic E-state index is -0.267. The molecule has 0 amide bonds. The molecule has 0 N–H and O–H groups in total. The van der Waals surface area contributed by atoms with Gasteiger partial charge >= 0.3 is 5.69 Å². The van der Waals surface area contributed by atoms with Crippen molar-refractivity contribution in [1.29, 1.82) is 0 Å². The van der Waals surface area contributed by atoms with Crippen LogP contribution < -0.4 is 11.2 Å². The van der Waals surface area contributed by atoms with Crippen molar-refractivity contribution in [2.75, 3.05) is 13.7 Å². The largest absolute Gasteiger partial charge is 0.385 e. The summed E-state index contributed by atoms with van der Waals surface area (Å²) >= 11 is 0. The van der Waals surface area contributed by atoms with E-state index in [1.54, 1.807) is 18.6 Å². The zero-order valence-corrected chi connectivity index (χ0v) is 9.32. The molecule has 1 rings (SSSR count). The molecule has 0 saturated heterocycles. The lowest BCUT2D eigenvalue weighted by Crippen LogP contribution is -2.38. The monoisotopic (exact) mass is 212 g/mol. The number of ether oxygens (including phenoxy) is 1. The predicted octanol–water partition coefficient (Wildman–Crippen LogP) is -0.108. The van der Waals surface area contributed by atoms with Gasteiger partial charge in [-0.3, -0.25) is 13.9 Å². The molecule has 0 aliphatic rings. The molecule has 0 aliphatic carbocycles. The van der Waals surface area contributed by atoms with Crippen LogP contribution in [0.4, 0.5) is 0 Å². The smallest absolute Gasteiger partial charge is 0.330 e. The first-order chi connectivity index (χ1) is 7.07. The van der Waals surface area contributed by atoms with Gasteiger partial charge in [0, 0.05) is 39.1 Å². The minimum absolute atomic E-state index is 0.263. The zero-order chi connectivity index (χ0) is 11.4. The van der Waals surface area contributed by atoms with Gasteiger partial charge < -0.3 is 4.74 Å². The van der Waals surface area contributed by atoms with E-state index < -0.39 is 0 Å². The fourth-order valence-corrected chi connectivity index (χ4v) is 1.42. The molecule has 15 heavy (non-hydrogen) atoms. The Bertz CT molecular complexity index is 445.